The van der Waals surface area contributed by atoms with Gasteiger partial charge < -0.3 is 10.2 Å². The lowest BCUT2D eigenvalue weighted by atomic mass is 9.45. The van der Waals surface area contributed by atoms with Crippen LogP contribution in [0.2, 0.25) is 0 Å². The largest absolute Gasteiger partial charge is 0.393 e. The van der Waals surface area contributed by atoms with E-state index in [9.17, 15) is 10.2 Å². The van der Waals surface area contributed by atoms with Crippen molar-refractivity contribution in [3.8, 4) is 0 Å². The van der Waals surface area contributed by atoms with Crippen molar-refractivity contribution < 1.29 is 10.2 Å². The summed E-state index contributed by atoms with van der Waals surface area (Å²) in [7, 11) is 0. The van der Waals surface area contributed by atoms with Crippen molar-refractivity contribution in [2.45, 2.75) is 83.8 Å². The number of aliphatic hydroxyl groups is 2. The van der Waals surface area contributed by atoms with Crippen molar-refractivity contribution in [2.75, 3.05) is 0 Å². The van der Waals surface area contributed by atoms with Gasteiger partial charge in [0, 0.05) is 6.42 Å². The van der Waals surface area contributed by atoms with Gasteiger partial charge in [0.05, 0.1) is 12.2 Å². The minimum Gasteiger partial charge on any atom is -0.393 e. The lowest BCUT2D eigenvalue weighted by molar-refractivity contribution is -0.135. The molecular weight excluding hydrogens is 260 g/mol. The van der Waals surface area contributed by atoms with E-state index < -0.39 is 0 Å². The third-order valence-corrected chi connectivity index (χ3v) is 8.52. The van der Waals surface area contributed by atoms with Gasteiger partial charge in [0.2, 0.25) is 0 Å². The smallest absolute Gasteiger partial charge is 0.0622 e. The Kier molecular flexibility index (Phi) is 3.25. The first-order valence-corrected chi connectivity index (χ1v) is 9.33. The number of hydrogen-bond donors (Lipinski definition) is 2. The lowest BCUT2D eigenvalue weighted by Crippen LogP contribution is -2.54. The van der Waals surface area contributed by atoms with Crippen molar-refractivity contribution in [2.24, 2.45) is 34.5 Å². The maximum atomic E-state index is 10.6. The molecule has 2 nitrogen and oxygen atoms in total. The van der Waals surface area contributed by atoms with Gasteiger partial charge in [-0.2, -0.15) is 0 Å². The van der Waals surface area contributed by atoms with E-state index in [2.05, 4.69) is 13.8 Å². The first-order chi connectivity index (χ1) is 9.97. The molecule has 8 atom stereocenters. The third-order valence-electron chi connectivity index (χ3n) is 8.52. The summed E-state index contributed by atoms with van der Waals surface area (Å²) < 4.78 is 0. The molecule has 4 aliphatic carbocycles. The first kappa shape index (κ1) is 14.5. The molecule has 120 valence electrons. The maximum absolute atomic E-state index is 10.6. The zero-order valence-corrected chi connectivity index (χ0v) is 13.7. The highest BCUT2D eigenvalue weighted by molar-refractivity contribution is 5.11. The summed E-state index contributed by atoms with van der Waals surface area (Å²) in [6, 6.07) is 0. The Hall–Kier alpha value is -0.0800. The summed E-state index contributed by atoms with van der Waals surface area (Å²) in [6.07, 6.45) is 10.8. The zero-order chi connectivity index (χ0) is 14.8. The summed E-state index contributed by atoms with van der Waals surface area (Å²) in [4.78, 5) is 0. The molecule has 0 amide bonds. The van der Waals surface area contributed by atoms with E-state index in [4.69, 9.17) is 0 Å². The predicted molar refractivity (Wildman–Crippen MR) is 83.7 cm³/mol. The maximum Gasteiger partial charge on any atom is 0.0622 e. The van der Waals surface area contributed by atoms with Crippen molar-refractivity contribution in [3.63, 3.8) is 0 Å². The number of fused-ring (bicyclic) bond motifs is 5. The molecule has 0 heterocycles. The standard InChI is InChI=1S/C19H32O2/c1-18-9-4-3-5-12(18)6-7-13-14(18)8-10-19(2)16(21)11-15(20)17(13)19/h12-17,20-21H,3-11H2,1-2H3/t12?,13-,14-,15?,16?,17-,18+,19-/m1/s1. The Morgan fingerprint density at radius 2 is 1.67 bits per heavy atom. The molecular formula is C19H32O2. The van der Waals surface area contributed by atoms with E-state index in [-0.39, 0.29) is 17.6 Å². The van der Waals surface area contributed by atoms with Crippen LogP contribution in [0.3, 0.4) is 0 Å². The summed E-state index contributed by atoms with van der Waals surface area (Å²) in [5.41, 5.74) is 0.508. The average Bonchev–Trinajstić information content (AvgIpc) is 2.68. The molecule has 4 fully saturated rings. The fourth-order valence-electron chi connectivity index (χ4n) is 7.33. The summed E-state index contributed by atoms with van der Waals surface area (Å²) >= 11 is 0. The first-order valence-electron chi connectivity index (χ1n) is 9.33. The van der Waals surface area contributed by atoms with Crippen molar-refractivity contribution >= 4 is 0 Å². The topological polar surface area (TPSA) is 40.5 Å². The minimum absolute atomic E-state index is 0.0154. The molecule has 0 aromatic carbocycles. The van der Waals surface area contributed by atoms with Crippen molar-refractivity contribution in [3.05, 3.63) is 0 Å². The Bertz CT molecular complexity index is 422. The molecule has 4 aliphatic rings. The van der Waals surface area contributed by atoms with E-state index in [1.165, 1.54) is 44.9 Å². The molecule has 0 spiro atoms. The normalized spacial score (nSPS) is 60.0. The fraction of sp³-hybridized carbons (Fsp3) is 1.00. The van der Waals surface area contributed by atoms with Gasteiger partial charge in [0.15, 0.2) is 0 Å². The highest BCUT2D eigenvalue weighted by atomic mass is 16.3. The highest BCUT2D eigenvalue weighted by Crippen LogP contribution is 2.66. The molecule has 2 heteroatoms. The van der Waals surface area contributed by atoms with Gasteiger partial charge >= 0.3 is 0 Å². The van der Waals surface area contributed by atoms with E-state index in [1.807, 2.05) is 0 Å². The Balaban J connectivity index is 1.67. The van der Waals surface area contributed by atoms with Gasteiger partial charge in [-0.05, 0) is 73.0 Å². The summed E-state index contributed by atoms with van der Waals surface area (Å²) in [5, 5.41) is 21.1. The number of aliphatic hydroxyl groups excluding tert-OH is 2. The molecule has 0 bridgehead atoms. The van der Waals surface area contributed by atoms with Crippen LogP contribution >= 0.6 is 0 Å². The molecule has 3 unspecified atom stereocenters. The second kappa shape index (κ2) is 4.71. The van der Waals surface area contributed by atoms with Crippen LogP contribution in [0.5, 0.6) is 0 Å². The summed E-state index contributed by atoms with van der Waals surface area (Å²) in [5.74, 6) is 2.75. The second-order valence-electron chi connectivity index (χ2n) is 9.19. The highest BCUT2D eigenvalue weighted by Gasteiger charge is 2.62. The molecule has 4 saturated carbocycles. The van der Waals surface area contributed by atoms with Crippen LogP contribution in [0.1, 0.15) is 71.6 Å². The monoisotopic (exact) mass is 292 g/mol. The number of hydrogen-bond acceptors (Lipinski definition) is 2. The van der Waals surface area contributed by atoms with E-state index in [1.54, 1.807) is 0 Å². The van der Waals surface area contributed by atoms with E-state index in [0.29, 0.717) is 23.7 Å². The Morgan fingerprint density at radius 3 is 2.48 bits per heavy atom. The van der Waals surface area contributed by atoms with Crippen molar-refractivity contribution in [1.29, 1.82) is 0 Å². The van der Waals surface area contributed by atoms with Crippen LogP contribution in [0.25, 0.3) is 0 Å². The van der Waals surface area contributed by atoms with Crippen LogP contribution in [0.15, 0.2) is 0 Å². The average molecular weight is 292 g/mol. The summed E-state index contributed by atoms with van der Waals surface area (Å²) in [6.45, 7) is 4.82. The van der Waals surface area contributed by atoms with Crippen LogP contribution in [0.4, 0.5) is 0 Å². The van der Waals surface area contributed by atoms with E-state index >= 15 is 0 Å². The molecule has 0 saturated heterocycles. The van der Waals surface area contributed by atoms with Crippen molar-refractivity contribution in [1.82, 2.24) is 0 Å². The van der Waals surface area contributed by atoms with Gasteiger partial charge in [-0.15, -0.1) is 0 Å². The molecule has 0 aliphatic heterocycles. The fourth-order valence-corrected chi connectivity index (χ4v) is 7.33. The van der Waals surface area contributed by atoms with Crippen LogP contribution in [0, 0.1) is 34.5 Å². The number of rotatable bonds is 0. The predicted octanol–water partition coefficient (Wildman–Crippen LogP) is 3.75. The van der Waals surface area contributed by atoms with Gasteiger partial charge in [0.1, 0.15) is 0 Å². The second-order valence-corrected chi connectivity index (χ2v) is 9.19. The molecule has 0 aromatic rings. The quantitative estimate of drug-likeness (QED) is 0.714. The molecule has 2 N–H and O–H groups in total. The SMILES string of the molecule is C[C@]12CCCCC1CC[C@@H]1[C@H]2CC[C@]2(C)C(O)CC(O)[C@@H]12. The van der Waals surface area contributed by atoms with Gasteiger partial charge in [-0.25, -0.2) is 0 Å². The third kappa shape index (κ3) is 1.84. The van der Waals surface area contributed by atoms with Crippen LogP contribution in [-0.2, 0) is 0 Å². The van der Waals surface area contributed by atoms with Gasteiger partial charge in [-0.3, -0.25) is 0 Å². The molecule has 4 rings (SSSR count). The lowest BCUT2D eigenvalue weighted by Gasteiger charge is -2.60. The van der Waals surface area contributed by atoms with Crippen LogP contribution in [-0.4, -0.2) is 22.4 Å². The Morgan fingerprint density at radius 1 is 0.857 bits per heavy atom. The van der Waals surface area contributed by atoms with Crippen LogP contribution < -0.4 is 0 Å². The molecule has 21 heavy (non-hydrogen) atoms. The Labute approximate surface area is 129 Å². The molecule has 0 aromatic heterocycles. The minimum atomic E-state index is -0.282. The van der Waals surface area contributed by atoms with E-state index in [0.717, 1.165) is 18.3 Å². The molecule has 0 radical (unpaired) electrons. The van der Waals surface area contributed by atoms with Gasteiger partial charge in [0.25, 0.3) is 0 Å². The van der Waals surface area contributed by atoms with Gasteiger partial charge in [-0.1, -0.05) is 26.7 Å². The zero-order valence-electron chi connectivity index (χ0n) is 13.7.